The predicted molar refractivity (Wildman–Crippen MR) is 93.7 cm³/mol. The van der Waals surface area contributed by atoms with E-state index in [1.807, 2.05) is 29.0 Å². The molecule has 1 amide bonds. The molecule has 2 aromatic rings. The molecule has 1 aromatic heterocycles. The standard InChI is InChI=1S/C17H20N2OS2/c1-12-5-3-4-6-14(12)16-7-8-19(9-10-21-16)17(20)15-11-22-13(2)18-15/h3-6,11,16H,7-10H2,1-2H3. The summed E-state index contributed by atoms with van der Waals surface area (Å²) in [6.45, 7) is 5.72. The Labute approximate surface area is 139 Å². The fraction of sp³-hybridized carbons (Fsp3) is 0.412. The average Bonchev–Trinajstić information content (AvgIpc) is 2.81. The highest BCUT2D eigenvalue weighted by atomic mass is 32.2. The van der Waals surface area contributed by atoms with E-state index in [0.717, 1.165) is 30.3 Å². The molecule has 2 heterocycles. The first kappa shape index (κ1) is 15.6. The third kappa shape index (κ3) is 3.36. The van der Waals surface area contributed by atoms with Gasteiger partial charge in [-0.1, -0.05) is 24.3 Å². The summed E-state index contributed by atoms with van der Waals surface area (Å²) in [5.74, 6) is 1.06. The second-order valence-electron chi connectivity index (χ2n) is 5.55. The number of aromatic nitrogens is 1. The highest BCUT2D eigenvalue weighted by Crippen LogP contribution is 2.36. The lowest BCUT2D eigenvalue weighted by molar-refractivity contribution is 0.0761. The van der Waals surface area contributed by atoms with E-state index in [1.54, 1.807) is 0 Å². The van der Waals surface area contributed by atoms with Crippen LogP contribution >= 0.6 is 23.1 Å². The Morgan fingerprint density at radius 1 is 1.27 bits per heavy atom. The number of amides is 1. The molecule has 0 radical (unpaired) electrons. The summed E-state index contributed by atoms with van der Waals surface area (Å²) in [6.07, 6.45) is 1.00. The van der Waals surface area contributed by atoms with Gasteiger partial charge in [0.1, 0.15) is 5.69 Å². The van der Waals surface area contributed by atoms with Gasteiger partial charge >= 0.3 is 0 Å². The first-order chi connectivity index (χ1) is 10.6. The monoisotopic (exact) mass is 332 g/mol. The number of aryl methyl sites for hydroxylation is 2. The van der Waals surface area contributed by atoms with E-state index in [9.17, 15) is 4.79 Å². The van der Waals surface area contributed by atoms with E-state index in [2.05, 4.69) is 36.2 Å². The Kier molecular flexibility index (Phi) is 4.84. The fourth-order valence-electron chi connectivity index (χ4n) is 2.79. The number of carbonyl (C=O) groups excluding carboxylic acids is 1. The van der Waals surface area contributed by atoms with Crippen LogP contribution in [0.25, 0.3) is 0 Å². The molecule has 22 heavy (non-hydrogen) atoms. The molecule has 1 aromatic carbocycles. The van der Waals surface area contributed by atoms with Crippen molar-refractivity contribution in [3.05, 3.63) is 51.5 Å². The zero-order valence-corrected chi connectivity index (χ0v) is 14.5. The van der Waals surface area contributed by atoms with Crippen molar-refractivity contribution in [1.29, 1.82) is 0 Å². The first-order valence-electron chi connectivity index (χ1n) is 7.53. The minimum absolute atomic E-state index is 0.0791. The molecule has 0 saturated carbocycles. The van der Waals surface area contributed by atoms with Crippen molar-refractivity contribution < 1.29 is 4.79 Å². The maximum Gasteiger partial charge on any atom is 0.273 e. The normalized spacial score (nSPS) is 19.0. The van der Waals surface area contributed by atoms with Crippen molar-refractivity contribution in [2.75, 3.05) is 18.8 Å². The van der Waals surface area contributed by atoms with Crippen molar-refractivity contribution >= 4 is 29.0 Å². The number of hydrogen-bond acceptors (Lipinski definition) is 4. The molecule has 0 spiro atoms. The van der Waals surface area contributed by atoms with Gasteiger partial charge in [0.2, 0.25) is 0 Å². The maximum absolute atomic E-state index is 12.5. The fourth-order valence-corrected chi connectivity index (χ4v) is 4.71. The van der Waals surface area contributed by atoms with Gasteiger partial charge in [0, 0.05) is 29.5 Å². The molecule has 1 atom stereocenters. The number of carbonyl (C=O) groups is 1. The van der Waals surface area contributed by atoms with Crippen LogP contribution < -0.4 is 0 Å². The summed E-state index contributed by atoms with van der Waals surface area (Å²) >= 11 is 3.50. The van der Waals surface area contributed by atoms with Crippen molar-refractivity contribution in [2.45, 2.75) is 25.5 Å². The van der Waals surface area contributed by atoms with Crippen LogP contribution in [0, 0.1) is 13.8 Å². The van der Waals surface area contributed by atoms with Crippen LogP contribution in [0.1, 0.15) is 38.3 Å². The van der Waals surface area contributed by atoms with Gasteiger partial charge in [0.05, 0.1) is 5.01 Å². The van der Waals surface area contributed by atoms with Crippen molar-refractivity contribution in [2.24, 2.45) is 0 Å². The van der Waals surface area contributed by atoms with E-state index < -0.39 is 0 Å². The lowest BCUT2D eigenvalue weighted by Crippen LogP contribution is -2.33. The second kappa shape index (κ2) is 6.84. The SMILES string of the molecule is Cc1nc(C(=O)N2CCSC(c3ccccc3C)CC2)cs1. The molecule has 5 heteroatoms. The van der Waals surface area contributed by atoms with Gasteiger partial charge in [-0.05, 0) is 31.4 Å². The van der Waals surface area contributed by atoms with Gasteiger partial charge in [0.15, 0.2) is 0 Å². The van der Waals surface area contributed by atoms with Crippen molar-refractivity contribution in [3.8, 4) is 0 Å². The molecule has 116 valence electrons. The number of nitrogens with zero attached hydrogens (tertiary/aromatic N) is 2. The summed E-state index contributed by atoms with van der Waals surface area (Å²) in [4.78, 5) is 18.8. The van der Waals surface area contributed by atoms with Crippen LogP contribution in [-0.2, 0) is 0 Å². The molecule has 3 rings (SSSR count). The highest BCUT2D eigenvalue weighted by Gasteiger charge is 2.24. The summed E-state index contributed by atoms with van der Waals surface area (Å²) in [5, 5.41) is 3.30. The molecule has 0 bridgehead atoms. The van der Waals surface area contributed by atoms with Crippen LogP contribution in [0.2, 0.25) is 0 Å². The Bertz CT molecular complexity index is 668. The first-order valence-corrected chi connectivity index (χ1v) is 9.46. The number of hydrogen-bond donors (Lipinski definition) is 0. The molecule has 1 aliphatic rings. The summed E-state index contributed by atoms with van der Waals surface area (Å²) in [6, 6.07) is 8.57. The molecule has 1 saturated heterocycles. The zero-order valence-electron chi connectivity index (χ0n) is 12.9. The van der Waals surface area contributed by atoms with E-state index in [4.69, 9.17) is 0 Å². The number of thioether (sulfide) groups is 1. The third-order valence-corrected chi connectivity index (χ3v) is 6.09. The van der Waals surface area contributed by atoms with E-state index in [0.29, 0.717) is 10.9 Å². The van der Waals surface area contributed by atoms with Crippen LogP contribution in [0.3, 0.4) is 0 Å². The number of benzene rings is 1. The highest BCUT2D eigenvalue weighted by molar-refractivity contribution is 7.99. The molecule has 0 N–H and O–H groups in total. The van der Waals surface area contributed by atoms with Crippen LogP contribution in [0.15, 0.2) is 29.6 Å². The predicted octanol–water partition coefficient (Wildman–Crippen LogP) is 4.08. The Morgan fingerprint density at radius 2 is 2.09 bits per heavy atom. The average molecular weight is 332 g/mol. The molecular weight excluding hydrogens is 312 g/mol. The minimum atomic E-state index is 0.0791. The molecule has 1 unspecified atom stereocenters. The topological polar surface area (TPSA) is 33.2 Å². The third-order valence-electron chi connectivity index (χ3n) is 4.00. The van der Waals surface area contributed by atoms with Gasteiger partial charge < -0.3 is 4.90 Å². The lowest BCUT2D eigenvalue weighted by atomic mass is 10.0. The van der Waals surface area contributed by atoms with Crippen LogP contribution in [-0.4, -0.2) is 34.6 Å². The minimum Gasteiger partial charge on any atom is -0.336 e. The quantitative estimate of drug-likeness (QED) is 0.831. The largest absolute Gasteiger partial charge is 0.336 e. The van der Waals surface area contributed by atoms with Crippen LogP contribution in [0.5, 0.6) is 0 Å². The zero-order chi connectivity index (χ0) is 15.5. The second-order valence-corrected chi connectivity index (χ2v) is 7.92. The van der Waals surface area contributed by atoms with Crippen molar-refractivity contribution in [3.63, 3.8) is 0 Å². The van der Waals surface area contributed by atoms with Gasteiger partial charge in [-0.15, -0.1) is 11.3 Å². The Morgan fingerprint density at radius 3 is 2.82 bits per heavy atom. The summed E-state index contributed by atoms with van der Waals surface area (Å²) < 4.78 is 0. The van der Waals surface area contributed by atoms with E-state index in [-0.39, 0.29) is 5.91 Å². The van der Waals surface area contributed by atoms with Crippen LogP contribution in [0.4, 0.5) is 0 Å². The van der Waals surface area contributed by atoms with Crippen molar-refractivity contribution in [1.82, 2.24) is 9.88 Å². The Balaban J connectivity index is 1.70. The summed E-state index contributed by atoms with van der Waals surface area (Å²) in [5.41, 5.74) is 3.35. The van der Waals surface area contributed by atoms with Gasteiger partial charge in [-0.3, -0.25) is 4.79 Å². The molecule has 1 fully saturated rings. The van der Waals surface area contributed by atoms with Gasteiger partial charge in [0.25, 0.3) is 5.91 Å². The molecule has 3 nitrogen and oxygen atoms in total. The smallest absolute Gasteiger partial charge is 0.273 e. The van der Waals surface area contributed by atoms with Gasteiger partial charge in [-0.2, -0.15) is 11.8 Å². The number of rotatable bonds is 2. The Hall–Kier alpha value is -1.33. The molecular formula is C17H20N2OS2. The summed E-state index contributed by atoms with van der Waals surface area (Å²) in [7, 11) is 0. The van der Waals surface area contributed by atoms with Gasteiger partial charge in [-0.25, -0.2) is 4.98 Å². The maximum atomic E-state index is 12.5. The van der Waals surface area contributed by atoms with E-state index >= 15 is 0 Å². The number of thiazole rings is 1. The molecule has 1 aliphatic heterocycles. The lowest BCUT2D eigenvalue weighted by Gasteiger charge is -2.19. The van der Waals surface area contributed by atoms with E-state index in [1.165, 1.54) is 22.5 Å². The molecule has 0 aliphatic carbocycles.